The molecule has 3 heterocycles. The van der Waals surface area contributed by atoms with Gasteiger partial charge in [0.1, 0.15) is 0 Å². The Bertz CT molecular complexity index is 1240. The van der Waals surface area contributed by atoms with Crippen LogP contribution in [-0.4, -0.2) is 45.1 Å². The first-order valence-electron chi connectivity index (χ1n) is 11.5. The van der Waals surface area contributed by atoms with Crippen LogP contribution in [0.15, 0.2) is 54.7 Å². The highest BCUT2D eigenvalue weighted by Gasteiger charge is 2.36. The van der Waals surface area contributed by atoms with Crippen LogP contribution in [0.3, 0.4) is 0 Å². The van der Waals surface area contributed by atoms with Crippen LogP contribution in [0.1, 0.15) is 67.7 Å². The van der Waals surface area contributed by atoms with Crippen molar-refractivity contribution in [2.45, 2.75) is 45.3 Å². The van der Waals surface area contributed by atoms with Crippen molar-refractivity contribution in [3.8, 4) is 0 Å². The van der Waals surface area contributed by atoms with Gasteiger partial charge in [0.05, 0.1) is 17.7 Å². The van der Waals surface area contributed by atoms with E-state index in [1.807, 2.05) is 36.5 Å². The molecule has 2 aromatic carbocycles. The molecule has 2 aliphatic heterocycles. The summed E-state index contributed by atoms with van der Waals surface area (Å²) in [6.45, 7) is 4.38. The minimum Gasteiger partial charge on any atom is -0.298 e. The molecule has 0 saturated carbocycles. The van der Waals surface area contributed by atoms with E-state index in [0.717, 1.165) is 23.5 Å². The Balaban J connectivity index is 1.26. The summed E-state index contributed by atoms with van der Waals surface area (Å²) < 4.78 is 0. The first-order valence-corrected chi connectivity index (χ1v) is 12.4. The summed E-state index contributed by atoms with van der Waals surface area (Å²) in [7, 11) is 0. The number of nitrogens with zero attached hydrogens (tertiary/aromatic N) is 3. The van der Waals surface area contributed by atoms with Crippen LogP contribution in [0.4, 0.5) is 5.13 Å². The first kappa shape index (κ1) is 22.4. The minimum absolute atomic E-state index is 0.201. The van der Waals surface area contributed by atoms with Crippen LogP contribution in [0.25, 0.3) is 0 Å². The van der Waals surface area contributed by atoms with E-state index in [4.69, 9.17) is 0 Å². The molecule has 0 radical (unpaired) electrons. The molecule has 1 N–H and O–H groups in total. The molecule has 0 aliphatic carbocycles. The van der Waals surface area contributed by atoms with Crippen molar-refractivity contribution >= 4 is 34.2 Å². The average Bonchev–Trinajstić information content (AvgIpc) is 3.38. The fraction of sp³-hybridized carbons (Fsp3) is 0.308. The summed E-state index contributed by atoms with van der Waals surface area (Å²) in [5.41, 5.74) is 1.77. The lowest BCUT2D eigenvalue weighted by molar-refractivity contribution is 0.0642. The lowest BCUT2D eigenvalue weighted by Crippen LogP contribution is -2.36. The van der Waals surface area contributed by atoms with E-state index in [2.05, 4.69) is 22.1 Å². The van der Waals surface area contributed by atoms with E-state index in [9.17, 15) is 14.4 Å². The van der Waals surface area contributed by atoms with Gasteiger partial charge >= 0.3 is 0 Å². The molecule has 1 aromatic heterocycles. The van der Waals surface area contributed by atoms with Crippen molar-refractivity contribution in [3.05, 3.63) is 81.9 Å². The van der Waals surface area contributed by atoms with Gasteiger partial charge in [0.2, 0.25) is 0 Å². The Labute approximate surface area is 202 Å². The highest BCUT2D eigenvalue weighted by molar-refractivity contribution is 7.15. The number of nitrogens with one attached hydrogen (secondary N) is 1. The van der Waals surface area contributed by atoms with Gasteiger partial charge in [-0.3, -0.25) is 29.5 Å². The summed E-state index contributed by atoms with van der Waals surface area (Å²) in [6, 6.07) is 14.6. The number of imide groups is 1. The second-order valence-corrected chi connectivity index (χ2v) is 9.96. The maximum atomic E-state index is 12.9. The number of likely N-dealkylation sites (tertiary alicyclic amines) is 1. The molecule has 3 amide bonds. The Kier molecular flexibility index (Phi) is 6.26. The lowest BCUT2D eigenvalue weighted by Gasteiger charge is -2.32. The normalized spacial score (nSPS) is 18.3. The third-order valence-corrected chi connectivity index (χ3v) is 7.39. The van der Waals surface area contributed by atoms with Crippen molar-refractivity contribution in [2.75, 3.05) is 11.9 Å². The van der Waals surface area contributed by atoms with Gasteiger partial charge in [0, 0.05) is 29.2 Å². The summed E-state index contributed by atoms with van der Waals surface area (Å²) >= 11 is 1.47. The fourth-order valence-electron chi connectivity index (χ4n) is 4.54. The zero-order valence-electron chi connectivity index (χ0n) is 19.0. The molecule has 5 rings (SSSR count). The number of carbonyl (C=O) groups is 3. The zero-order chi connectivity index (χ0) is 23.7. The predicted molar refractivity (Wildman–Crippen MR) is 131 cm³/mol. The maximum absolute atomic E-state index is 12.9. The molecule has 1 fully saturated rings. The van der Waals surface area contributed by atoms with Crippen LogP contribution in [0.5, 0.6) is 0 Å². The van der Waals surface area contributed by atoms with E-state index >= 15 is 0 Å². The van der Waals surface area contributed by atoms with E-state index < -0.39 is 0 Å². The van der Waals surface area contributed by atoms with Gasteiger partial charge < -0.3 is 0 Å². The molecule has 0 bridgehead atoms. The molecule has 1 unspecified atom stereocenters. The van der Waals surface area contributed by atoms with Crippen molar-refractivity contribution in [1.82, 2.24) is 14.8 Å². The van der Waals surface area contributed by atoms with Crippen molar-refractivity contribution < 1.29 is 14.4 Å². The van der Waals surface area contributed by atoms with Gasteiger partial charge in [-0.2, -0.15) is 0 Å². The smallest absolute Gasteiger partial charge is 0.261 e. The summed E-state index contributed by atoms with van der Waals surface area (Å²) in [6.07, 6.45) is 5.52. The maximum Gasteiger partial charge on any atom is 0.261 e. The van der Waals surface area contributed by atoms with Crippen molar-refractivity contribution in [3.63, 3.8) is 0 Å². The third kappa shape index (κ3) is 4.51. The number of amides is 3. The summed E-state index contributed by atoms with van der Waals surface area (Å²) in [4.78, 5) is 47.7. The van der Waals surface area contributed by atoms with E-state index in [1.165, 1.54) is 41.6 Å². The number of thiazole rings is 1. The monoisotopic (exact) mass is 474 g/mol. The first-order chi connectivity index (χ1) is 16.5. The Morgan fingerprint density at radius 2 is 1.85 bits per heavy atom. The second-order valence-electron chi connectivity index (χ2n) is 8.84. The van der Waals surface area contributed by atoms with E-state index in [-0.39, 0.29) is 29.8 Å². The number of rotatable bonds is 6. The molecule has 2 aliphatic rings. The van der Waals surface area contributed by atoms with Crippen LogP contribution in [0, 0.1) is 0 Å². The standard InChI is InChI=1S/C26H26N4O3S/c1-17-7-5-6-12-29(17)16-20-14-27-26(34-20)28-23(31)19-10-11-21-22(13-19)25(33)30(24(21)32)15-18-8-3-2-4-9-18/h2-4,8-11,13-14,17H,5-7,12,15-16H2,1H3,(H,27,28,31). The zero-order valence-corrected chi connectivity index (χ0v) is 19.8. The molecular weight excluding hydrogens is 448 g/mol. The number of aromatic nitrogens is 1. The van der Waals surface area contributed by atoms with Crippen molar-refractivity contribution in [1.29, 1.82) is 0 Å². The van der Waals surface area contributed by atoms with Crippen molar-refractivity contribution in [2.24, 2.45) is 0 Å². The number of benzene rings is 2. The lowest BCUT2D eigenvalue weighted by atomic mass is 10.0. The van der Waals surface area contributed by atoms with Crippen LogP contribution in [0.2, 0.25) is 0 Å². The van der Waals surface area contributed by atoms with Crippen LogP contribution in [-0.2, 0) is 13.1 Å². The molecule has 1 atom stereocenters. The van der Waals surface area contributed by atoms with Gasteiger partial charge in [0.15, 0.2) is 5.13 Å². The number of hydrogen-bond acceptors (Lipinski definition) is 6. The average molecular weight is 475 g/mol. The predicted octanol–water partition coefficient (Wildman–Crippen LogP) is 4.57. The van der Waals surface area contributed by atoms with E-state index in [1.54, 1.807) is 12.1 Å². The van der Waals surface area contributed by atoms with Crippen LogP contribution >= 0.6 is 11.3 Å². The molecule has 1 saturated heterocycles. The number of fused-ring (bicyclic) bond motifs is 1. The summed E-state index contributed by atoms with van der Waals surface area (Å²) in [5.74, 6) is -1.07. The second kappa shape index (κ2) is 9.48. The molecule has 8 heteroatoms. The quantitative estimate of drug-likeness (QED) is 0.530. The molecular formula is C26H26N4O3S. The topological polar surface area (TPSA) is 82.6 Å². The fourth-order valence-corrected chi connectivity index (χ4v) is 5.38. The molecule has 7 nitrogen and oxygen atoms in total. The molecule has 174 valence electrons. The highest BCUT2D eigenvalue weighted by Crippen LogP contribution is 2.27. The third-order valence-electron chi connectivity index (χ3n) is 6.49. The Morgan fingerprint density at radius 3 is 2.65 bits per heavy atom. The summed E-state index contributed by atoms with van der Waals surface area (Å²) in [5, 5.41) is 3.36. The molecule has 3 aromatic rings. The minimum atomic E-state index is -0.384. The number of carbonyl (C=O) groups excluding carboxylic acids is 3. The number of anilines is 1. The molecule has 34 heavy (non-hydrogen) atoms. The van der Waals surface area contributed by atoms with Gasteiger partial charge in [-0.25, -0.2) is 4.98 Å². The largest absolute Gasteiger partial charge is 0.298 e. The van der Waals surface area contributed by atoms with E-state index in [0.29, 0.717) is 22.3 Å². The SMILES string of the molecule is CC1CCCCN1Cc1cnc(NC(=O)c2ccc3c(c2)C(=O)N(Cc2ccccc2)C3=O)s1. The number of piperidine rings is 1. The highest BCUT2D eigenvalue weighted by atomic mass is 32.1. The van der Waals surface area contributed by atoms with Crippen LogP contribution < -0.4 is 5.32 Å². The van der Waals surface area contributed by atoms with Gasteiger partial charge in [-0.1, -0.05) is 36.8 Å². The van der Waals surface area contributed by atoms with Gasteiger partial charge in [-0.15, -0.1) is 11.3 Å². The number of hydrogen-bond donors (Lipinski definition) is 1. The Hall–Kier alpha value is -3.36. The van der Waals surface area contributed by atoms with Gasteiger partial charge in [0.25, 0.3) is 17.7 Å². The Morgan fingerprint density at radius 1 is 1.06 bits per heavy atom. The molecule has 0 spiro atoms. The van der Waals surface area contributed by atoms with Gasteiger partial charge in [-0.05, 0) is 50.1 Å².